The summed E-state index contributed by atoms with van der Waals surface area (Å²) in [7, 11) is 2.64. The number of hydrogen-bond acceptors (Lipinski definition) is 16. The SMILES string of the molecule is COc1cc(C2Oc3cc(O)cc(O)c3C=C2O[C@@H]2O[C@H](CO[C@@H]3O[C@@H](C)[C@H](O)[C@H](O)[C@H]3O)[C@@H](O)[C@H](O)[C@H]2O)cc(OC)c1O. The van der Waals surface area contributed by atoms with Crippen molar-refractivity contribution >= 4 is 6.08 Å². The van der Waals surface area contributed by atoms with Crippen LogP contribution in [-0.4, -0.2) is 128 Å². The Morgan fingerprint density at radius 2 is 1.36 bits per heavy atom. The number of benzene rings is 2. The van der Waals surface area contributed by atoms with Gasteiger partial charge < -0.3 is 79.1 Å². The van der Waals surface area contributed by atoms with Crippen molar-refractivity contribution in [2.75, 3.05) is 20.8 Å². The summed E-state index contributed by atoms with van der Waals surface area (Å²) in [6, 6.07) is 5.16. The molecule has 16 heteroatoms. The first-order valence-corrected chi connectivity index (χ1v) is 13.9. The number of aliphatic hydroxyl groups excluding tert-OH is 6. The highest BCUT2D eigenvalue weighted by Crippen LogP contribution is 2.47. The molecule has 2 aromatic carbocycles. The van der Waals surface area contributed by atoms with Gasteiger partial charge in [-0.1, -0.05) is 0 Å². The van der Waals surface area contributed by atoms with E-state index in [1.807, 2.05) is 0 Å². The lowest BCUT2D eigenvalue weighted by Crippen LogP contribution is -2.61. The molecule has 5 rings (SSSR count). The number of hydrogen-bond donors (Lipinski definition) is 9. The molecule has 0 spiro atoms. The van der Waals surface area contributed by atoms with Crippen molar-refractivity contribution < 1.29 is 79.1 Å². The van der Waals surface area contributed by atoms with Crippen LogP contribution >= 0.6 is 0 Å². The molecule has 3 aliphatic rings. The molecule has 16 nitrogen and oxygen atoms in total. The van der Waals surface area contributed by atoms with Crippen LogP contribution in [-0.2, 0) is 18.9 Å². The van der Waals surface area contributed by atoms with Crippen LogP contribution in [0.25, 0.3) is 6.08 Å². The van der Waals surface area contributed by atoms with E-state index in [-0.39, 0.29) is 45.8 Å². The fourth-order valence-corrected chi connectivity index (χ4v) is 5.26. The van der Waals surface area contributed by atoms with Gasteiger partial charge in [0.25, 0.3) is 0 Å². The first kappa shape index (κ1) is 32.8. The fraction of sp³-hybridized carbons (Fsp3) is 0.517. The van der Waals surface area contributed by atoms with Crippen molar-refractivity contribution in [2.24, 2.45) is 0 Å². The van der Waals surface area contributed by atoms with Crippen LogP contribution in [0.2, 0.25) is 0 Å². The summed E-state index contributed by atoms with van der Waals surface area (Å²) in [4.78, 5) is 0. The molecule has 0 aliphatic carbocycles. The Labute approximate surface area is 256 Å². The van der Waals surface area contributed by atoms with E-state index >= 15 is 0 Å². The number of rotatable bonds is 8. The molecule has 9 N–H and O–H groups in total. The van der Waals surface area contributed by atoms with E-state index in [0.717, 1.165) is 6.07 Å². The third kappa shape index (κ3) is 6.29. The highest BCUT2D eigenvalue weighted by Gasteiger charge is 2.48. The zero-order valence-corrected chi connectivity index (χ0v) is 24.3. The van der Waals surface area contributed by atoms with Crippen LogP contribution in [0.5, 0.6) is 34.5 Å². The van der Waals surface area contributed by atoms with E-state index in [4.69, 9.17) is 33.2 Å². The Kier molecular flexibility index (Phi) is 9.50. The number of fused-ring (bicyclic) bond motifs is 1. The van der Waals surface area contributed by atoms with Crippen LogP contribution < -0.4 is 14.2 Å². The van der Waals surface area contributed by atoms with Gasteiger partial charge in [0, 0.05) is 17.7 Å². The summed E-state index contributed by atoms with van der Waals surface area (Å²) in [5, 5.41) is 93.3. The first-order chi connectivity index (χ1) is 21.3. The largest absolute Gasteiger partial charge is 0.508 e. The molecule has 11 atom stereocenters. The Bertz CT molecular complexity index is 1370. The van der Waals surface area contributed by atoms with Crippen molar-refractivity contribution in [1.29, 1.82) is 0 Å². The van der Waals surface area contributed by atoms with Crippen molar-refractivity contribution in [1.82, 2.24) is 0 Å². The lowest BCUT2D eigenvalue weighted by atomic mass is 9.98. The molecular weight excluding hydrogens is 604 g/mol. The van der Waals surface area contributed by atoms with Gasteiger partial charge in [0.15, 0.2) is 23.9 Å². The topological polar surface area (TPSA) is 247 Å². The van der Waals surface area contributed by atoms with Crippen LogP contribution in [0.3, 0.4) is 0 Å². The molecule has 0 aromatic heterocycles. The van der Waals surface area contributed by atoms with Crippen molar-refractivity contribution in [3.8, 4) is 34.5 Å². The average molecular weight is 641 g/mol. The van der Waals surface area contributed by atoms with Crippen molar-refractivity contribution in [3.63, 3.8) is 0 Å². The lowest BCUT2D eigenvalue weighted by molar-refractivity contribution is -0.324. The molecule has 0 bridgehead atoms. The zero-order chi connectivity index (χ0) is 32.7. The predicted molar refractivity (Wildman–Crippen MR) is 148 cm³/mol. The monoisotopic (exact) mass is 640 g/mol. The normalized spacial score (nSPS) is 34.7. The minimum Gasteiger partial charge on any atom is -0.508 e. The maximum absolute atomic E-state index is 10.8. The molecule has 248 valence electrons. The van der Waals surface area contributed by atoms with Gasteiger partial charge >= 0.3 is 0 Å². The van der Waals surface area contributed by atoms with Gasteiger partial charge in [0.05, 0.1) is 32.5 Å². The molecule has 1 unspecified atom stereocenters. The summed E-state index contributed by atoms with van der Waals surface area (Å²) in [5.41, 5.74) is 0.395. The Morgan fingerprint density at radius 3 is 2.00 bits per heavy atom. The predicted octanol–water partition coefficient (Wildman–Crippen LogP) is -1.04. The summed E-state index contributed by atoms with van der Waals surface area (Å²) >= 11 is 0. The standard InChI is InChI=1S/C29H36O16/c1-10-20(32)23(35)25(37)28(42-10)41-9-19-22(34)24(36)26(38)29(45-19)44-18-8-13-14(31)6-12(30)7-15(13)43-27(18)11-4-16(39-2)21(33)17(5-11)40-3/h4-8,10,19-20,22-38H,9H2,1-3H3/t10-,19+,20-,22+,23-,24-,25+,26+,27?,28+,29+/m0/s1. The smallest absolute Gasteiger partial charge is 0.228 e. The fourth-order valence-electron chi connectivity index (χ4n) is 5.26. The van der Waals surface area contributed by atoms with Gasteiger partial charge in [-0.25, -0.2) is 0 Å². The Hall–Kier alpha value is -3.58. The van der Waals surface area contributed by atoms with Gasteiger partial charge in [-0.3, -0.25) is 0 Å². The first-order valence-electron chi connectivity index (χ1n) is 13.9. The number of aromatic hydroxyl groups is 3. The number of ether oxygens (including phenoxy) is 7. The summed E-state index contributed by atoms with van der Waals surface area (Å²) in [6.07, 6.45) is -15.1. The highest BCUT2D eigenvalue weighted by atomic mass is 16.7. The number of aliphatic hydroxyl groups is 6. The van der Waals surface area contributed by atoms with E-state index in [1.54, 1.807) is 0 Å². The molecule has 2 aromatic rings. The molecule has 3 aliphatic heterocycles. The van der Waals surface area contributed by atoms with Gasteiger partial charge in [-0.05, 0) is 25.1 Å². The van der Waals surface area contributed by atoms with Crippen LogP contribution in [0, 0.1) is 0 Å². The summed E-state index contributed by atoms with van der Waals surface area (Å²) in [6.45, 7) is 0.940. The highest BCUT2D eigenvalue weighted by molar-refractivity contribution is 5.70. The van der Waals surface area contributed by atoms with Gasteiger partial charge in [0.1, 0.15) is 65.7 Å². The minimum absolute atomic E-state index is 0.0145. The third-order valence-corrected chi connectivity index (χ3v) is 7.85. The van der Waals surface area contributed by atoms with E-state index in [0.29, 0.717) is 5.56 Å². The quantitative estimate of drug-likeness (QED) is 0.167. The molecule has 0 saturated carbocycles. The molecule has 2 fully saturated rings. The minimum atomic E-state index is -1.81. The van der Waals surface area contributed by atoms with Crippen LogP contribution in [0.1, 0.15) is 24.2 Å². The number of phenolic OH excluding ortho intramolecular Hbond substituents is 3. The van der Waals surface area contributed by atoms with Crippen LogP contribution in [0.15, 0.2) is 30.0 Å². The van der Waals surface area contributed by atoms with Crippen LogP contribution in [0.4, 0.5) is 0 Å². The van der Waals surface area contributed by atoms with E-state index in [1.165, 1.54) is 45.4 Å². The van der Waals surface area contributed by atoms with E-state index in [9.17, 15) is 46.0 Å². The van der Waals surface area contributed by atoms with Gasteiger partial charge in [0.2, 0.25) is 12.0 Å². The number of methoxy groups -OCH3 is 2. The summed E-state index contributed by atoms with van der Waals surface area (Å²) in [5.74, 6) is -0.960. The van der Waals surface area contributed by atoms with Crippen molar-refractivity contribution in [2.45, 2.75) is 74.4 Å². The second-order valence-electron chi connectivity index (χ2n) is 10.8. The molecule has 3 heterocycles. The number of phenols is 3. The second kappa shape index (κ2) is 13.0. The maximum Gasteiger partial charge on any atom is 0.228 e. The molecule has 0 amide bonds. The Morgan fingerprint density at radius 1 is 0.733 bits per heavy atom. The van der Waals surface area contributed by atoms with Gasteiger partial charge in [-0.15, -0.1) is 0 Å². The molecule has 45 heavy (non-hydrogen) atoms. The zero-order valence-electron chi connectivity index (χ0n) is 24.3. The van der Waals surface area contributed by atoms with E-state index < -0.39 is 74.1 Å². The summed E-state index contributed by atoms with van der Waals surface area (Å²) < 4.78 is 39.3. The maximum atomic E-state index is 10.8. The second-order valence-corrected chi connectivity index (χ2v) is 10.8. The van der Waals surface area contributed by atoms with Gasteiger partial charge in [-0.2, -0.15) is 0 Å². The third-order valence-electron chi connectivity index (χ3n) is 7.85. The molecular formula is C29H36O16. The average Bonchev–Trinajstić information content (AvgIpc) is 3.01. The molecule has 2 saturated heterocycles. The van der Waals surface area contributed by atoms with Crippen molar-refractivity contribution in [3.05, 3.63) is 41.2 Å². The lowest BCUT2D eigenvalue weighted by Gasteiger charge is -2.43. The van der Waals surface area contributed by atoms with E-state index in [2.05, 4.69) is 0 Å². The Balaban J connectivity index is 1.43. The molecule has 0 radical (unpaired) electrons.